The molecule has 0 saturated carbocycles. The van der Waals surface area contributed by atoms with E-state index in [1.807, 2.05) is 4.90 Å². The number of carbonyl (C=O) groups excluding carboxylic acids is 1. The van der Waals surface area contributed by atoms with Crippen molar-refractivity contribution in [3.05, 3.63) is 23.2 Å². The highest BCUT2D eigenvalue weighted by atomic mass is 35.5. The van der Waals surface area contributed by atoms with Crippen molar-refractivity contribution in [2.45, 2.75) is 20.3 Å². The Morgan fingerprint density at radius 2 is 2.00 bits per heavy atom. The molecule has 0 N–H and O–H groups in total. The fourth-order valence-corrected chi connectivity index (χ4v) is 2.37. The molecule has 5 nitrogen and oxygen atoms in total. The lowest BCUT2D eigenvalue weighted by atomic mass is 10.1. The van der Waals surface area contributed by atoms with E-state index in [1.54, 1.807) is 0 Å². The summed E-state index contributed by atoms with van der Waals surface area (Å²) in [5.74, 6) is 0.639. The minimum Gasteiger partial charge on any atom is -0.335 e. The molecule has 1 fully saturated rings. The molecular weight excluding hydrogens is 276 g/mol. The smallest absolute Gasteiger partial charge is 0.274 e. The van der Waals surface area contributed by atoms with Crippen LogP contribution >= 0.6 is 11.6 Å². The minimum atomic E-state index is -0.0801. The molecule has 0 aromatic carbocycles. The van der Waals surface area contributed by atoms with E-state index < -0.39 is 0 Å². The third kappa shape index (κ3) is 4.15. The van der Waals surface area contributed by atoms with Crippen molar-refractivity contribution in [1.82, 2.24) is 19.8 Å². The van der Waals surface area contributed by atoms with Crippen LogP contribution in [0.2, 0.25) is 5.15 Å². The second-order valence-corrected chi connectivity index (χ2v) is 5.93. The summed E-state index contributed by atoms with van der Waals surface area (Å²) < 4.78 is 0. The molecule has 0 atom stereocenters. The summed E-state index contributed by atoms with van der Waals surface area (Å²) in [7, 11) is 0. The molecule has 110 valence electrons. The number of hydrogen-bond donors (Lipinski definition) is 0. The van der Waals surface area contributed by atoms with Crippen LogP contribution < -0.4 is 0 Å². The van der Waals surface area contributed by atoms with E-state index >= 15 is 0 Å². The maximum Gasteiger partial charge on any atom is 0.274 e. The molecule has 1 amide bonds. The van der Waals surface area contributed by atoms with Gasteiger partial charge in [-0.15, -0.1) is 0 Å². The first-order valence-electron chi connectivity index (χ1n) is 7.05. The van der Waals surface area contributed by atoms with Crippen LogP contribution in [0, 0.1) is 5.92 Å². The van der Waals surface area contributed by atoms with Crippen LogP contribution in [0.1, 0.15) is 30.8 Å². The Labute approximate surface area is 124 Å². The average Bonchev–Trinajstić information content (AvgIpc) is 2.45. The Bertz CT molecular complexity index is 458. The van der Waals surface area contributed by atoms with E-state index in [2.05, 4.69) is 28.7 Å². The number of piperazine rings is 1. The predicted octanol–water partition coefficient (Wildman–Crippen LogP) is 1.93. The van der Waals surface area contributed by atoms with E-state index in [9.17, 15) is 4.79 Å². The van der Waals surface area contributed by atoms with Crippen LogP contribution in [-0.2, 0) is 0 Å². The van der Waals surface area contributed by atoms with E-state index in [-0.39, 0.29) is 11.1 Å². The van der Waals surface area contributed by atoms with Gasteiger partial charge in [0.1, 0.15) is 10.8 Å². The Kier molecular flexibility index (Phi) is 5.31. The molecule has 1 aromatic rings. The van der Waals surface area contributed by atoms with Gasteiger partial charge in [0.2, 0.25) is 0 Å². The van der Waals surface area contributed by atoms with Crippen molar-refractivity contribution in [2.24, 2.45) is 5.92 Å². The van der Waals surface area contributed by atoms with Crippen molar-refractivity contribution in [1.29, 1.82) is 0 Å². The standard InChI is InChI=1S/C14H21ClN4O/c1-11(2)3-4-18-5-7-19(8-6-18)14(20)12-9-16-10-13(15)17-12/h9-11H,3-8H2,1-2H3. The molecule has 1 aliphatic rings. The van der Waals surface area contributed by atoms with Crippen LogP contribution in [0.4, 0.5) is 0 Å². The number of hydrogen-bond acceptors (Lipinski definition) is 4. The summed E-state index contributed by atoms with van der Waals surface area (Å²) in [5, 5.41) is 0.256. The summed E-state index contributed by atoms with van der Waals surface area (Å²) in [6.45, 7) is 8.90. The van der Waals surface area contributed by atoms with Crippen molar-refractivity contribution in [3.8, 4) is 0 Å². The van der Waals surface area contributed by atoms with Gasteiger partial charge in [-0.25, -0.2) is 4.98 Å². The number of aromatic nitrogens is 2. The number of halogens is 1. The Morgan fingerprint density at radius 3 is 2.60 bits per heavy atom. The van der Waals surface area contributed by atoms with Crippen LogP contribution in [0.3, 0.4) is 0 Å². The lowest BCUT2D eigenvalue weighted by Crippen LogP contribution is -2.49. The first kappa shape index (κ1) is 15.2. The summed E-state index contributed by atoms with van der Waals surface area (Å²) in [5.41, 5.74) is 0.327. The fourth-order valence-electron chi connectivity index (χ4n) is 2.22. The first-order valence-corrected chi connectivity index (χ1v) is 7.43. The van der Waals surface area contributed by atoms with Crippen LogP contribution in [0.25, 0.3) is 0 Å². The lowest BCUT2D eigenvalue weighted by Gasteiger charge is -2.34. The molecule has 1 saturated heterocycles. The quantitative estimate of drug-likeness (QED) is 0.852. The topological polar surface area (TPSA) is 49.3 Å². The third-order valence-electron chi connectivity index (χ3n) is 3.51. The van der Waals surface area contributed by atoms with E-state index in [0.29, 0.717) is 5.69 Å². The normalized spacial score (nSPS) is 16.7. The summed E-state index contributed by atoms with van der Waals surface area (Å²) in [6.07, 6.45) is 4.11. The van der Waals surface area contributed by atoms with Gasteiger partial charge in [0.05, 0.1) is 12.4 Å². The maximum absolute atomic E-state index is 12.3. The predicted molar refractivity (Wildman–Crippen MR) is 78.8 cm³/mol. The van der Waals surface area contributed by atoms with E-state index in [4.69, 9.17) is 11.6 Å². The van der Waals surface area contributed by atoms with E-state index in [0.717, 1.165) is 38.6 Å². The van der Waals surface area contributed by atoms with Gasteiger partial charge in [0.25, 0.3) is 5.91 Å². The lowest BCUT2D eigenvalue weighted by molar-refractivity contribution is 0.0625. The van der Waals surface area contributed by atoms with Gasteiger partial charge in [-0.2, -0.15) is 0 Å². The fraction of sp³-hybridized carbons (Fsp3) is 0.643. The van der Waals surface area contributed by atoms with Crippen molar-refractivity contribution in [2.75, 3.05) is 32.7 Å². The molecule has 0 unspecified atom stereocenters. The summed E-state index contributed by atoms with van der Waals surface area (Å²) >= 11 is 5.77. The highest BCUT2D eigenvalue weighted by Gasteiger charge is 2.23. The highest BCUT2D eigenvalue weighted by molar-refractivity contribution is 6.29. The van der Waals surface area contributed by atoms with Crippen LogP contribution in [0.5, 0.6) is 0 Å². The molecule has 0 aliphatic carbocycles. The Morgan fingerprint density at radius 1 is 1.30 bits per heavy atom. The number of amides is 1. The molecule has 0 bridgehead atoms. The van der Waals surface area contributed by atoms with Crippen molar-refractivity contribution < 1.29 is 4.79 Å². The van der Waals surface area contributed by atoms with Gasteiger partial charge < -0.3 is 4.90 Å². The molecule has 1 aromatic heterocycles. The summed E-state index contributed by atoms with van der Waals surface area (Å²) in [6, 6.07) is 0. The largest absolute Gasteiger partial charge is 0.335 e. The molecule has 2 heterocycles. The minimum absolute atomic E-state index is 0.0801. The van der Waals surface area contributed by atoms with Gasteiger partial charge in [0.15, 0.2) is 0 Å². The average molecular weight is 297 g/mol. The zero-order valence-electron chi connectivity index (χ0n) is 12.0. The van der Waals surface area contributed by atoms with Gasteiger partial charge >= 0.3 is 0 Å². The maximum atomic E-state index is 12.3. The van der Waals surface area contributed by atoms with Crippen LogP contribution in [-0.4, -0.2) is 58.4 Å². The van der Waals surface area contributed by atoms with Gasteiger partial charge in [-0.3, -0.25) is 14.7 Å². The molecule has 6 heteroatoms. The van der Waals surface area contributed by atoms with E-state index in [1.165, 1.54) is 18.8 Å². The number of rotatable bonds is 4. The third-order valence-corrected chi connectivity index (χ3v) is 3.69. The van der Waals surface area contributed by atoms with Crippen LogP contribution in [0.15, 0.2) is 12.4 Å². The first-order chi connectivity index (χ1) is 9.56. The molecule has 0 spiro atoms. The highest BCUT2D eigenvalue weighted by Crippen LogP contribution is 2.10. The molecular formula is C14H21ClN4O. The molecule has 2 rings (SSSR count). The summed E-state index contributed by atoms with van der Waals surface area (Å²) in [4.78, 5) is 24.4. The zero-order chi connectivity index (χ0) is 14.5. The van der Waals surface area contributed by atoms with Gasteiger partial charge in [-0.1, -0.05) is 25.4 Å². The number of nitrogens with zero attached hydrogens (tertiary/aromatic N) is 4. The van der Waals surface area contributed by atoms with Crippen molar-refractivity contribution in [3.63, 3.8) is 0 Å². The second-order valence-electron chi connectivity index (χ2n) is 5.54. The number of carbonyl (C=O) groups is 1. The molecule has 0 radical (unpaired) electrons. The SMILES string of the molecule is CC(C)CCN1CCN(C(=O)c2cncc(Cl)n2)CC1. The Hall–Kier alpha value is -1.20. The monoisotopic (exact) mass is 296 g/mol. The Balaban J connectivity index is 1.86. The molecule has 20 heavy (non-hydrogen) atoms. The van der Waals surface area contributed by atoms with Gasteiger partial charge in [-0.05, 0) is 18.9 Å². The van der Waals surface area contributed by atoms with Crippen molar-refractivity contribution >= 4 is 17.5 Å². The van der Waals surface area contributed by atoms with Gasteiger partial charge in [0, 0.05) is 26.2 Å². The molecule has 1 aliphatic heterocycles. The second kappa shape index (κ2) is 6.99. The zero-order valence-corrected chi connectivity index (χ0v) is 12.8.